The van der Waals surface area contributed by atoms with Crippen molar-refractivity contribution < 1.29 is 14.3 Å². The number of carbonyl (C=O) groups excluding carboxylic acids is 1. The van der Waals surface area contributed by atoms with Gasteiger partial charge in [0.1, 0.15) is 5.75 Å². The predicted octanol–water partition coefficient (Wildman–Crippen LogP) is 5.71. The molecule has 0 heterocycles. The van der Waals surface area contributed by atoms with Gasteiger partial charge in [0, 0.05) is 0 Å². The largest absolute Gasteiger partial charge is 0.496 e. The lowest BCUT2D eigenvalue weighted by Gasteiger charge is -2.23. The molecule has 25 heavy (non-hydrogen) atoms. The van der Waals surface area contributed by atoms with Crippen molar-refractivity contribution in [2.24, 2.45) is 11.8 Å². The number of benzene rings is 1. The van der Waals surface area contributed by atoms with Crippen LogP contribution in [0, 0.1) is 11.8 Å². The Morgan fingerprint density at radius 2 is 1.68 bits per heavy atom. The second kappa shape index (κ2) is 9.84. The first-order chi connectivity index (χ1) is 11.7. The second-order valence-electron chi connectivity index (χ2n) is 7.89. The van der Waals surface area contributed by atoms with Crippen molar-refractivity contribution in [3.63, 3.8) is 0 Å². The quantitative estimate of drug-likeness (QED) is 0.536. The summed E-state index contributed by atoms with van der Waals surface area (Å²) in [6.45, 7) is 15.3. The van der Waals surface area contributed by atoms with Crippen molar-refractivity contribution in [3.8, 4) is 5.75 Å². The summed E-state index contributed by atoms with van der Waals surface area (Å²) < 4.78 is 11.1. The fourth-order valence-corrected chi connectivity index (χ4v) is 3.26. The van der Waals surface area contributed by atoms with E-state index < -0.39 is 0 Å². The summed E-state index contributed by atoms with van der Waals surface area (Å²) in [5.41, 5.74) is 3.64. The third-order valence-corrected chi connectivity index (χ3v) is 4.55. The van der Waals surface area contributed by atoms with Crippen LogP contribution in [0.5, 0.6) is 5.75 Å². The number of methoxy groups -OCH3 is 1. The molecule has 0 saturated heterocycles. The maximum Gasteiger partial charge on any atom is 0.309 e. The number of ether oxygens (including phenoxy) is 2. The molecule has 0 bridgehead atoms. The molecule has 1 unspecified atom stereocenters. The van der Waals surface area contributed by atoms with E-state index in [0.29, 0.717) is 30.8 Å². The maximum absolute atomic E-state index is 12.5. The average Bonchev–Trinajstić information content (AvgIpc) is 2.52. The number of carbonyl (C=O) groups is 1. The lowest BCUT2D eigenvalue weighted by molar-refractivity contribution is -0.148. The van der Waals surface area contributed by atoms with Gasteiger partial charge in [-0.2, -0.15) is 0 Å². The summed E-state index contributed by atoms with van der Waals surface area (Å²) in [5.74, 6) is 1.96. The summed E-state index contributed by atoms with van der Waals surface area (Å²) >= 11 is 0. The van der Waals surface area contributed by atoms with Crippen molar-refractivity contribution in [2.75, 3.05) is 13.7 Å². The van der Waals surface area contributed by atoms with Gasteiger partial charge in [-0.25, -0.2) is 0 Å². The zero-order valence-electron chi connectivity index (χ0n) is 17.3. The van der Waals surface area contributed by atoms with Crippen LogP contribution in [0.15, 0.2) is 12.1 Å². The second-order valence-corrected chi connectivity index (χ2v) is 7.89. The minimum Gasteiger partial charge on any atom is -0.496 e. The molecule has 1 aromatic carbocycles. The molecule has 142 valence electrons. The van der Waals surface area contributed by atoms with E-state index >= 15 is 0 Å². The molecule has 0 aliphatic heterocycles. The molecule has 0 radical (unpaired) electrons. The van der Waals surface area contributed by atoms with Gasteiger partial charge in [0.2, 0.25) is 0 Å². The van der Waals surface area contributed by atoms with E-state index in [4.69, 9.17) is 9.47 Å². The van der Waals surface area contributed by atoms with E-state index in [1.807, 2.05) is 6.92 Å². The Labute approximate surface area is 154 Å². The zero-order valence-corrected chi connectivity index (χ0v) is 17.3. The molecule has 1 atom stereocenters. The summed E-state index contributed by atoms with van der Waals surface area (Å²) in [5, 5.41) is 0. The van der Waals surface area contributed by atoms with E-state index in [1.54, 1.807) is 7.11 Å². The molecule has 0 fully saturated rings. The molecule has 0 N–H and O–H groups in total. The van der Waals surface area contributed by atoms with Gasteiger partial charge in [0.05, 0.1) is 19.6 Å². The highest BCUT2D eigenvalue weighted by Crippen LogP contribution is 2.36. The van der Waals surface area contributed by atoms with Gasteiger partial charge in [0.15, 0.2) is 0 Å². The predicted molar refractivity (Wildman–Crippen MR) is 104 cm³/mol. The van der Waals surface area contributed by atoms with Crippen molar-refractivity contribution in [2.45, 2.75) is 73.1 Å². The monoisotopic (exact) mass is 348 g/mol. The van der Waals surface area contributed by atoms with Gasteiger partial charge in [-0.3, -0.25) is 4.79 Å². The first kappa shape index (κ1) is 21.5. The van der Waals surface area contributed by atoms with Gasteiger partial charge >= 0.3 is 5.97 Å². The SMILES string of the molecule is CCOC(=O)C(Cc1cc(C(C)C)cc(C(C)C)c1OC)CC(C)C. The van der Waals surface area contributed by atoms with Crippen LogP contribution < -0.4 is 4.74 Å². The highest BCUT2D eigenvalue weighted by molar-refractivity contribution is 5.73. The van der Waals surface area contributed by atoms with E-state index in [1.165, 1.54) is 11.1 Å². The van der Waals surface area contributed by atoms with Crippen LogP contribution in [-0.2, 0) is 16.0 Å². The molecule has 1 aromatic rings. The Kier molecular flexibility index (Phi) is 8.47. The summed E-state index contributed by atoms with van der Waals surface area (Å²) in [6.07, 6.45) is 1.49. The fraction of sp³-hybridized carbons (Fsp3) is 0.682. The minimum atomic E-state index is -0.128. The molecular weight excluding hydrogens is 312 g/mol. The van der Waals surface area contributed by atoms with Crippen LogP contribution in [0.1, 0.15) is 83.4 Å². The summed E-state index contributed by atoms with van der Waals surface area (Å²) in [4.78, 5) is 12.5. The lowest BCUT2D eigenvalue weighted by atomic mass is 9.86. The van der Waals surface area contributed by atoms with Crippen LogP contribution in [0.25, 0.3) is 0 Å². The molecule has 3 nitrogen and oxygen atoms in total. The van der Waals surface area contributed by atoms with Gasteiger partial charge in [-0.05, 0) is 54.2 Å². The third-order valence-electron chi connectivity index (χ3n) is 4.55. The van der Waals surface area contributed by atoms with Crippen molar-refractivity contribution in [1.82, 2.24) is 0 Å². The molecule has 0 aliphatic carbocycles. The maximum atomic E-state index is 12.5. The summed E-state index contributed by atoms with van der Waals surface area (Å²) in [6, 6.07) is 4.46. The van der Waals surface area contributed by atoms with E-state index in [9.17, 15) is 4.79 Å². The zero-order chi connectivity index (χ0) is 19.1. The first-order valence-corrected chi connectivity index (χ1v) is 9.58. The lowest BCUT2D eigenvalue weighted by Crippen LogP contribution is -2.22. The molecule has 0 saturated carbocycles. The normalized spacial score (nSPS) is 12.8. The minimum absolute atomic E-state index is 0.0979. The standard InChI is InChI=1S/C22H36O3/c1-9-25-22(23)19(10-14(2)3)12-18-11-17(15(4)5)13-20(16(6)7)21(18)24-8/h11,13-16,19H,9-10,12H2,1-8H3. The molecule has 0 aliphatic rings. The number of rotatable bonds is 9. The molecule has 0 amide bonds. The van der Waals surface area contributed by atoms with E-state index in [-0.39, 0.29) is 11.9 Å². The van der Waals surface area contributed by atoms with Gasteiger partial charge in [-0.15, -0.1) is 0 Å². The molecule has 1 rings (SSSR count). The Morgan fingerprint density at radius 1 is 1.04 bits per heavy atom. The van der Waals surface area contributed by atoms with Crippen molar-refractivity contribution in [3.05, 3.63) is 28.8 Å². The number of hydrogen-bond acceptors (Lipinski definition) is 3. The van der Waals surface area contributed by atoms with E-state index in [2.05, 4.69) is 53.7 Å². The third kappa shape index (κ3) is 6.05. The average molecular weight is 349 g/mol. The van der Waals surface area contributed by atoms with Gasteiger partial charge < -0.3 is 9.47 Å². The van der Waals surface area contributed by atoms with Crippen LogP contribution >= 0.6 is 0 Å². The Morgan fingerprint density at radius 3 is 2.12 bits per heavy atom. The van der Waals surface area contributed by atoms with Crippen LogP contribution in [-0.4, -0.2) is 19.7 Å². The number of hydrogen-bond donors (Lipinski definition) is 0. The Bertz CT molecular complexity index is 559. The number of esters is 1. The van der Waals surface area contributed by atoms with Gasteiger partial charge in [0.25, 0.3) is 0 Å². The fourth-order valence-electron chi connectivity index (χ4n) is 3.26. The molecule has 0 spiro atoms. The van der Waals surface area contributed by atoms with Crippen LogP contribution in [0.4, 0.5) is 0 Å². The van der Waals surface area contributed by atoms with Crippen LogP contribution in [0.2, 0.25) is 0 Å². The Balaban J connectivity index is 3.33. The highest BCUT2D eigenvalue weighted by Gasteiger charge is 2.25. The van der Waals surface area contributed by atoms with Gasteiger partial charge in [-0.1, -0.05) is 53.7 Å². The Hall–Kier alpha value is -1.51. The molecule has 3 heteroatoms. The molecular formula is C22H36O3. The highest BCUT2D eigenvalue weighted by atomic mass is 16.5. The molecule has 0 aromatic heterocycles. The summed E-state index contributed by atoms with van der Waals surface area (Å²) in [7, 11) is 1.72. The van der Waals surface area contributed by atoms with Crippen molar-refractivity contribution >= 4 is 5.97 Å². The first-order valence-electron chi connectivity index (χ1n) is 9.58. The van der Waals surface area contributed by atoms with E-state index in [0.717, 1.165) is 17.7 Å². The topological polar surface area (TPSA) is 35.5 Å². The van der Waals surface area contributed by atoms with Crippen molar-refractivity contribution in [1.29, 1.82) is 0 Å². The smallest absolute Gasteiger partial charge is 0.309 e. The van der Waals surface area contributed by atoms with Crippen LogP contribution in [0.3, 0.4) is 0 Å².